The number of nitrogens with one attached hydrogen (secondary N) is 1. The van der Waals surface area contributed by atoms with Crippen molar-refractivity contribution in [3.05, 3.63) is 56.7 Å². The zero-order valence-electron chi connectivity index (χ0n) is 10.7. The van der Waals surface area contributed by atoms with E-state index in [0.717, 1.165) is 10.9 Å². The normalized spacial score (nSPS) is 13.4. The molecule has 0 bridgehead atoms. The average Bonchev–Trinajstić information content (AvgIpc) is 2.81. The minimum Gasteiger partial charge on any atom is -0.305 e. The van der Waals surface area contributed by atoms with Gasteiger partial charge in [-0.3, -0.25) is 0 Å². The summed E-state index contributed by atoms with van der Waals surface area (Å²) in [5.74, 6) is 0. The molecule has 0 aliphatic heterocycles. The summed E-state index contributed by atoms with van der Waals surface area (Å²) in [7, 11) is 0. The van der Waals surface area contributed by atoms with Crippen LogP contribution in [-0.2, 0) is 12.7 Å². The molecule has 2 rings (SSSR count). The Morgan fingerprint density at radius 1 is 1.30 bits per heavy atom. The van der Waals surface area contributed by atoms with Crippen LogP contribution in [0.4, 0.5) is 13.2 Å². The number of hydrogen-bond donors (Lipinski definition) is 1. The van der Waals surface area contributed by atoms with Gasteiger partial charge in [0.05, 0.1) is 10.6 Å². The predicted octanol–water partition coefficient (Wildman–Crippen LogP) is 5.27. The first-order chi connectivity index (χ1) is 9.36. The quantitative estimate of drug-likeness (QED) is 0.809. The number of rotatable bonds is 4. The Kier molecular flexibility index (Phi) is 4.73. The molecule has 1 aromatic carbocycles. The van der Waals surface area contributed by atoms with Crippen LogP contribution in [0, 0.1) is 0 Å². The van der Waals surface area contributed by atoms with Crippen LogP contribution in [-0.4, -0.2) is 0 Å². The third-order valence-electron chi connectivity index (χ3n) is 2.92. The first kappa shape index (κ1) is 15.4. The Morgan fingerprint density at radius 2 is 2.05 bits per heavy atom. The minimum absolute atomic E-state index is 0.168. The molecule has 6 heteroatoms. The van der Waals surface area contributed by atoms with Gasteiger partial charge in [-0.25, -0.2) is 0 Å². The van der Waals surface area contributed by atoms with Crippen LogP contribution in [0.2, 0.25) is 5.02 Å². The van der Waals surface area contributed by atoms with Crippen LogP contribution in [0.3, 0.4) is 0 Å². The van der Waals surface area contributed by atoms with Crippen molar-refractivity contribution < 1.29 is 13.2 Å². The van der Waals surface area contributed by atoms with E-state index in [-0.39, 0.29) is 6.04 Å². The Morgan fingerprint density at radius 3 is 2.65 bits per heavy atom. The monoisotopic (exact) mass is 319 g/mol. The topological polar surface area (TPSA) is 12.0 Å². The standard InChI is InChI=1S/C14H13ClF3NS/c1-9(19-7-13-6-12(15)8-20-13)10-3-2-4-11(5-10)14(16,17)18/h2-6,8-9,19H,7H2,1H3. The van der Waals surface area contributed by atoms with Crippen molar-refractivity contribution in [2.75, 3.05) is 0 Å². The highest BCUT2D eigenvalue weighted by Gasteiger charge is 2.30. The van der Waals surface area contributed by atoms with Crippen molar-refractivity contribution in [1.82, 2.24) is 5.32 Å². The van der Waals surface area contributed by atoms with E-state index in [4.69, 9.17) is 11.6 Å². The highest BCUT2D eigenvalue weighted by Crippen LogP contribution is 2.30. The lowest BCUT2D eigenvalue weighted by Gasteiger charge is -2.15. The van der Waals surface area contributed by atoms with Gasteiger partial charge in [-0.15, -0.1) is 11.3 Å². The maximum atomic E-state index is 12.7. The van der Waals surface area contributed by atoms with E-state index in [9.17, 15) is 13.2 Å². The van der Waals surface area contributed by atoms with Crippen molar-refractivity contribution in [3.8, 4) is 0 Å². The van der Waals surface area contributed by atoms with E-state index in [0.29, 0.717) is 17.1 Å². The molecule has 2 aromatic rings. The van der Waals surface area contributed by atoms with E-state index < -0.39 is 11.7 Å². The predicted molar refractivity (Wildman–Crippen MR) is 76.0 cm³/mol. The van der Waals surface area contributed by atoms with Gasteiger partial charge < -0.3 is 5.32 Å². The average molecular weight is 320 g/mol. The van der Waals surface area contributed by atoms with Crippen LogP contribution in [0.25, 0.3) is 0 Å². The fourth-order valence-electron chi connectivity index (χ4n) is 1.80. The van der Waals surface area contributed by atoms with E-state index >= 15 is 0 Å². The van der Waals surface area contributed by atoms with Crippen molar-refractivity contribution in [3.63, 3.8) is 0 Å². The van der Waals surface area contributed by atoms with Crippen LogP contribution >= 0.6 is 22.9 Å². The van der Waals surface area contributed by atoms with Gasteiger partial charge in [0.15, 0.2) is 0 Å². The molecular formula is C14H13ClF3NS. The molecule has 108 valence electrons. The molecule has 1 unspecified atom stereocenters. The minimum atomic E-state index is -4.31. The number of halogens is 4. The zero-order valence-corrected chi connectivity index (χ0v) is 12.2. The highest BCUT2D eigenvalue weighted by atomic mass is 35.5. The second-order valence-electron chi connectivity index (χ2n) is 4.46. The van der Waals surface area contributed by atoms with Gasteiger partial charge in [0.2, 0.25) is 0 Å². The Hall–Kier alpha value is -1.04. The van der Waals surface area contributed by atoms with E-state index in [1.54, 1.807) is 6.07 Å². The molecule has 0 spiro atoms. The lowest BCUT2D eigenvalue weighted by molar-refractivity contribution is -0.137. The maximum Gasteiger partial charge on any atom is 0.416 e. The number of benzene rings is 1. The molecule has 1 atom stereocenters. The molecule has 1 nitrogen and oxygen atoms in total. The van der Waals surface area contributed by atoms with Crippen LogP contribution in [0.15, 0.2) is 35.7 Å². The van der Waals surface area contributed by atoms with Gasteiger partial charge in [0.25, 0.3) is 0 Å². The summed E-state index contributed by atoms with van der Waals surface area (Å²) in [5, 5.41) is 5.70. The van der Waals surface area contributed by atoms with Crippen molar-refractivity contribution in [1.29, 1.82) is 0 Å². The fraction of sp³-hybridized carbons (Fsp3) is 0.286. The lowest BCUT2D eigenvalue weighted by Crippen LogP contribution is -2.18. The maximum absolute atomic E-state index is 12.7. The van der Waals surface area contributed by atoms with Gasteiger partial charge in [0, 0.05) is 22.8 Å². The lowest BCUT2D eigenvalue weighted by atomic mass is 10.0. The molecule has 20 heavy (non-hydrogen) atoms. The summed E-state index contributed by atoms with van der Waals surface area (Å²) >= 11 is 7.34. The first-order valence-electron chi connectivity index (χ1n) is 5.99. The van der Waals surface area contributed by atoms with Crippen LogP contribution < -0.4 is 5.32 Å². The van der Waals surface area contributed by atoms with Gasteiger partial charge >= 0.3 is 6.18 Å². The van der Waals surface area contributed by atoms with Crippen molar-refractivity contribution in [2.24, 2.45) is 0 Å². The Labute approximate surface area is 124 Å². The number of alkyl halides is 3. The van der Waals surface area contributed by atoms with Crippen molar-refractivity contribution in [2.45, 2.75) is 25.7 Å². The second kappa shape index (κ2) is 6.16. The molecule has 0 radical (unpaired) electrons. The van der Waals surface area contributed by atoms with Gasteiger partial charge in [0.1, 0.15) is 0 Å². The summed E-state index contributed by atoms with van der Waals surface area (Å²) in [4.78, 5) is 1.05. The number of hydrogen-bond acceptors (Lipinski definition) is 2. The van der Waals surface area contributed by atoms with Gasteiger partial charge in [-0.1, -0.05) is 23.7 Å². The fourth-order valence-corrected chi connectivity index (χ4v) is 2.83. The molecular weight excluding hydrogens is 307 g/mol. The van der Waals surface area contributed by atoms with Gasteiger partial charge in [-0.05, 0) is 30.7 Å². The zero-order chi connectivity index (χ0) is 14.8. The molecule has 1 heterocycles. The van der Waals surface area contributed by atoms with E-state index in [1.165, 1.54) is 23.5 Å². The second-order valence-corrected chi connectivity index (χ2v) is 5.89. The first-order valence-corrected chi connectivity index (χ1v) is 7.25. The highest BCUT2D eigenvalue weighted by molar-refractivity contribution is 7.10. The molecule has 1 aromatic heterocycles. The summed E-state index contributed by atoms with van der Waals surface area (Å²) in [5.41, 5.74) is -0.00899. The molecule has 0 amide bonds. The Bertz CT molecular complexity index is 580. The van der Waals surface area contributed by atoms with Crippen molar-refractivity contribution >= 4 is 22.9 Å². The molecule has 0 saturated heterocycles. The molecule has 0 aliphatic rings. The van der Waals surface area contributed by atoms with E-state index in [2.05, 4.69) is 5.32 Å². The summed E-state index contributed by atoms with van der Waals surface area (Å²) in [6.45, 7) is 2.42. The van der Waals surface area contributed by atoms with Crippen LogP contribution in [0.1, 0.15) is 29.0 Å². The smallest absolute Gasteiger partial charge is 0.305 e. The molecule has 0 saturated carbocycles. The summed E-state index contributed by atoms with van der Waals surface area (Å²) in [6, 6.07) is 7.05. The largest absolute Gasteiger partial charge is 0.416 e. The van der Waals surface area contributed by atoms with Crippen LogP contribution in [0.5, 0.6) is 0 Å². The molecule has 0 fully saturated rings. The SMILES string of the molecule is CC(NCc1cc(Cl)cs1)c1cccc(C(F)(F)F)c1. The third kappa shape index (κ3) is 3.98. The Balaban J connectivity index is 2.03. The summed E-state index contributed by atoms with van der Waals surface area (Å²) < 4.78 is 38.0. The summed E-state index contributed by atoms with van der Waals surface area (Å²) in [6.07, 6.45) is -4.31. The number of thiophene rings is 1. The van der Waals surface area contributed by atoms with Gasteiger partial charge in [-0.2, -0.15) is 13.2 Å². The molecule has 1 N–H and O–H groups in total. The molecule has 0 aliphatic carbocycles. The van der Waals surface area contributed by atoms with E-state index in [1.807, 2.05) is 18.4 Å². The third-order valence-corrected chi connectivity index (χ3v) is 4.20.